The normalized spacial score (nSPS) is 12.5. The zero-order valence-corrected chi connectivity index (χ0v) is 12.9. The summed E-state index contributed by atoms with van der Waals surface area (Å²) in [6.45, 7) is 6.60. The van der Waals surface area contributed by atoms with Gasteiger partial charge in [-0.3, -0.25) is 4.79 Å². The Balaban J connectivity index is 2.52. The molecule has 1 N–H and O–H groups in total. The Labute approximate surface area is 120 Å². The highest BCUT2D eigenvalue weighted by molar-refractivity contribution is 7.99. The van der Waals surface area contributed by atoms with Gasteiger partial charge in [0.25, 0.3) is 0 Å². The van der Waals surface area contributed by atoms with E-state index in [1.54, 1.807) is 18.8 Å². The van der Waals surface area contributed by atoms with Gasteiger partial charge in [0.05, 0.1) is 6.61 Å². The number of thioether (sulfide) groups is 1. The summed E-state index contributed by atoms with van der Waals surface area (Å²) in [4.78, 5) is 12.8. The van der Waals surface area contributed by atoms with E-state index in [2.05, 4.69) is 43.4 Å². The van der Waals surface area contributed by atoms with Gasteiger partial charge in [0.15, 0.2) is 0 Å². The monoisotopic (exact) mass is 281 g/mol. The Kier molecular flexibility index (Phi) is 6.95. The molecule has 0 aliphatic heterocycles. The first-order valence-corrected chi connectivity index (χ1v) is 7.63. The van der Waals surface area contributed by atoms with E-state index in [4.69, 9.17) is 4.74 Å². The number of carbonyl (C=O) groups is 1. The largest absolute Gasteiger partial charge is 0.465 e. The average molecular weight is 281 g/mol. The van der Waals surface area contributed by atoms with Crippen molar-refractivity contribution < 1.29 is 9.53 Å². The number of hydrogen-bond donors (Lipinski definition) is 1. The third-order valence-electron chi connectivity index (χ3n) is 2.88. The van der Waals surface area contributed by atoms with E-state index >= 15 is 0 Å². The second kappa shape index (κ2) is 8.23. The van der Waals surface area contributed by atoms with Gasteiger partial charge in [0, 0.05) is 10.6 Å². The molecule has 0 amide bonds. The zero-order valence-electron chi connectivity index (χ0n) is 12.1. The zero-order chi connectivity index (χ0) is 14.3. The highest BCUT2D eigenvalue weighted by atomic mass is 32.2. The summed E-state index contributed by atoms with van der Waals surface area (Å²) in [5, 5.41) is 2.99. The SMILES string of the molecule is CCOC(=O)C(CSc1ccc(C(C)C)cc1)NC. The molecule has 0 fully saturated rings. The van der Waals surface area contributed by atoms with Crippen molar-refractivity contribution in [2.45, 2.75) is 37.6 Å². The Morgan fingerprint density at radius 3 is 2.42 bits per heavy atom. The van der Waals surface area contributed by atoms with E-state index in [-0.39, 0.29) is 12.0 Å². The third kappa shape index (κ3) is 5.25. The number of rotatable bonds is 7. The van der Waals surface area contributed by atoms with E-state index in [0.29, 0.717) is 18.3 Å². The molecule has 1 aromatic rings. The van der Waals surface area contributed by atoms with Gasteiger partial charge in [-0.2, -0.15) is 0 Å². The highest BCUT2D eigenvalue weighted by Gasteiger charge is 2.17. The second-order valence-corrected chi connectivity index (χ2v) is 5.72. The fourth-order valence-electron chi connectivity index (χ4n) is 1.64. The third-order valence-corrected chi connectivity index (χ3v) is 3.99. The van der Waals surface area contributed by atoms with Crippen LogP contribution in [-0.4, -0.2) is 31.4 Å². The minimum absolute atomic E-state index is 0.184. The average Bonchev–Trinajstić information content (AvgIpc) is 2.40. The minimum Gasteiger partial charge on any atom is -0.465 e. The van der Waals surface area contributed by atoms with E-state index in [1.165, 1.54) is 10.5 Å². The topological polar surface area (TPSA) is 38.3 Å². The summed E-state index contributed by atoms with van der Waals surface area (Å²) in [7, 11) is 1.78. The quantitative estimate of drug-likeness (QED) is 0.616. The molecule has 0 bridgehead atoms. The lowest BCUT2D eigenvalue weighted by Gasteiger charge is -2.14. The van der Waals surface area contributed by atoms with Crippen molar-refractivity contribution in [2.24, 2.45) is 0 Å². The fraction of sp³-hybridized carbons (Fsp3) is 0.533. The molecule has 0 aromatic heterocycles. The number of esters is 1. The minimum atomic E-state index is -0.255. The number of benzene rings is 1. The van der Waals surface area contributed by atoms with Crippen LogP contribution in [0.25, 0.3) is 0 Å². The second-order valence-electron chi connectivity index (χ2n) is 4.63. The molecule has 1 aromatic carbocycles. The van der Waals surface area contributed by atoms with Crippen LogP contribution >= 0.6 is 11.8 Å². The van der Waals surface area contributed by atoms with Crippen LogP contribution in [0, 0.1) is 0 Å². The van der Waals surface area contributed by atoms with E-state index in [1.807, 2.05) is 6.92 Å². The number of ether oxygens (including phenoxy) is 1. The van der Waals surface area contributed by atoms with Crippen LogP contribution in [0.3, 0.4) is 0 Å². The van der Waals surface area contributed by atoms with Crippen LogP contribution < -0.4 is 5.32 Å². The van der Waals surface area contributed by atoms with Crippen molar-refractivity contribution >= 4 is 17.7 Å². The lowest BCUT2D eigenvalue weighted by Crippen LogP contribution is -2.37. The Morgan fingerprint density at radius 1 is 1.32 bits per heavy atom. The van der Waals surface area contributed by atoms with Crippen molar-refractivity contribution in [1.29, 1.82) is 0 Å². The Bertz CT molecular complexity index is 390. The molecule has 0 saturated heterocycles. The van der Waals surface area contributed by atoms with Crippen LogP contribution in [0.1, 0.15) is 32.3 Å². The first-order valence-electron chi connectivity index (χ1n) is 6.65. The van der Waals surface area contributed by atoms with Gasteiger partial charge in [-0.25, -0.2) is 0 Å². The molecule has 0 saturated carbocycles. The van der Waals surface area contributed by atoms with Crippen molar-refractivity contribution in [2.75, 3.05) is 19.4 Å². The van der Waals surface area contributed by atoms with Crippen molar-refractivity contribution in [1.82, 2.24) is 5.32 Å². The van der Waals surface area contributed by atoms with Crippen LogP contribution in [0.2, 0.25) is 0 Å². The molecule has 19 heavy (non-hydrogen) atoms. The molecule has 0 radical (unpaired) electrons. The molecule has 0 spiro atoms. The first-order chi connectivity index (χ1) is 9.08. The predicted molar refractivity (Wildman–Crippen MR) is 80.7 cm³/mol. The van der Waals surface area contributed by atoms with Gasteiger partial charge >= 0.3 is 5.97 Å². The molecule has 3 nitrogen and oxygen atoms in total. The van der Waals surface area contributed by atoms with Crippen LogP contribution in [0.5, 0.6) is 0 Å². The maximum Gasteiger partial charge on any atom is 0.323 e. The summed E-state index contributed by atoms with van der Waals surface area (Å²) in [6, 6.07) is 8.25. The number of hydrogen-bond acceptors (Lipinski definition) is 4. The Hall–Kier alpha value is -1.00. The molecule has 1 atom stereocenters. The Morgan fingerprint density at radius 2 is 1.95 bits per heavy atom. The van der Waals surface area contributed by atoms with E-state index < -0.39 is 0 Å². The summed E-state index contributed by atoms with van der Waals surface area (Å²) in [6.07, 6.45) is 0. The standard InChI is InChI=1S/C15H23NO2S/c1-5-18-15(17)14(16-4)10-19-13-8-6-12(7-9-13)11(2)3/h6-9,11,14,16H,5,10H2,1-4H3. The van der Waals surface area contributed by atoms with Gasteiger partial charge in [0.1, 0.15) is 6.04 Å². The molecule has 0 aliphatic rings. The molecular formula is C15H23NO2S. The predicted octanol–water partition coefficient (Wildman–Crippen LogP) is 3.05. The maximum absolute atomic E-state index is 11.6. The summed E-state index contributed by atoms with van der Waals surface area (Å²) in [5.41, 5.74) is 1.33. The van der Waals surface area contributed by atoms with E-state index in [0.717, 1.165) is 0 Å². The smallest absolute Gasteiger partial charge is 0.323 e. The number of carbonyl (C=O) groups excluding carboxylic acids is 1. The summed E-state index contributed by atoms with van der Waals surface area (Å²) in [5.74, 6) is 1.04. The van der Waals surface area contributed by atoms with Gasteiger partial charge in [-0.15, -0.1) is 11.8 Å². The first kappa shape index (κ1) is 16.1. The fourth-order valence-corrected chi connectivity index (χ4v) is 2.63. The molecule has 0 aliphatic carbocycles. The van der Waals surface area contributed by atoms with Crippen molar-refractivity contribution in [3.8, 4) is 0 Å². The molecule has 1 rings (SSSR count). The van der Waals surface area contributed by atoms with E-state index in [9.17, 15) is 4.79 Å². The number of nitrogens with one attached hydrogen (secondary N) is 1. The number of likely N-dealkylation sites (N-methyl/N-ethyl adjacent to an activating group) is 1. The van der Waals surface area contributed by atoms with Gasteiger partial charge in [-0.1, -0.05) is 26.0 Å². The van der Waals surface area contributed by atoms with Gasteiger partial charge < -0.3 is 10.1 Å². The summed E-state index contributed by atoms with van der Waals surface area (Å²) >= 11 is 1.66. The molecule has 1 unspecified atom stereocenters. The molecular weight excluding hydrogens is 258 g/mol. The van der Waals surface area contributed by atoms with Crippen LogP contribution in [0.15, 0.2) is 29.2 Å². The van der Waals surface area contributed by atoms with Gasteiger partial charge in [-0.05, 0) is 37.6 Å². The lowest BCUT2D eigenvalue weighted by atomic mass is 10.0. The van der Waals surface area contributed by atoms with Crippen molar-refractivity contribution in [3.63, 3.8) is 0 Å². The molecule has 4 heteroatoms. The molecule has 106 valence electrons. The van der Waals surface area contributed by atoms with Gasteiger partial charge in [0.2, 0.25) is 0 Å². The maximum atomic E-state index is 11.6. The lowest BCUT2D eigenvalue weighted by molar-refractivity contribution is -0.144. The van der Waals surface area contributed by atoms with Crippen LogP contribution in [0.4, 0.5) is 0 Å². The summed E-state index contributed by atoms with van der Waals surface area (Å²) < 4.78 is 5.02. The molecule has 0 heterocycles. The van der Waals surface area contributed by atoms with Crippen LogP contribution in [-0.2, 0) is 9.53 Å². The highest BCUT2D eigenvalue weighted by Crippen LogP contribution is 2.22. The van der Waals surface area contributed by atoms with Crippen molar-refractivity contribution in [3.05, 3.63) is 29.8 Å².